The van der Waals surface area contributed by atoms with E-state index < -0.39 is 10.0 Å². The van der Waals surface area contributed by atoms with Gasteiger partial charge in [0.1, 0.15) is 0 Å². The molecule has 0 radical (unpaired) electrons. The van der Waals surface area contributed by atoms with E-state index in [1.54, 1.807) is 0 Å². The summed E-state index contributed by atoms with van der Waals surface area (Å²) in [5.74, 6) is -0.193. The van der Waals surface area contributed by atoms with Gasteiger partial charge in [-0.2, -0.15) is 4.31 Å². The summed E-state index contributed by atoms with van der Waals surface area (Å²) in [4.78, 5) is 22.5. The van der Waals surface area contributed by atoms with Crippen molar-refractivity contribution in [2.24, 2.45) is 0 Å². The summed E-state index contributed by atoms with van der Waals surface area (Å²) >= 11 is 0. The second-order valence-electron chi connectivity index (χ2n) is 5.46. The van der Waals surface area contributed by atoms with Gasteiger partial charge in [0.05, 0.1) is 4.90 Å². The number of hydrogen-bond acceptors (Lipinski definition) is 4. The Hall–Kier alpha value is -1.73. The number of carbonyl (C=O) groups excluding carboxylic acids is 2. The molecule has 1 aromatic carbocycles. The van der Waals surface area contributed by atoms with E-state index in [-0.39, 0.29) is 22.6 Å². The zero-order chi connectivity index (χ0) is 16.3. The van der Waals surface area contributed by atoms with E-state index in [0.717, 1.165) is 0 Å². The lowest BCUT2D eigenvalue weighted by atomic mass is 10.1. The van der Waals surface area contributed by atoms with Crippen LogP contribution in [0.3, 0.4) is 0 Å². The van der Waals surface area contributed by atoms with Gasteiger partial charge in [-0.05, 0) is 31.9 Å². The number of carbonyl (C=O) groups is 2. The zero-order valence-corrected chi connectivity index (χ0v) is 13.5. The summed E-state index contributed by atoms with van der Waals surface area (Å²) < 4.78 is 26.5. The number of amides is 1. The topological polar surface area (TPSA) is 83.6 Å². The van der Waals surface area contributed by atoms with E-state index >= 15 is 0 Å². The maximum atomic E-state index is 12.6. The average Bonchev–Trinajstić information content (AvgIpc) is 2.47. The number of sulfonamides is 1. The van der Waals surface area contributed by atoms with Crippen molar-refractivity contribution in [2.45, 2.75) is 37.6 Å². The molecule has 22 heavy (non-hydrogen) atoms. The van der Waals surface area contributed by atoms with E-state index in [2.05, 4.69) is 5.32 Å². The predicted molar refractivity (Wildman–Crippen MR) is 82.0 cm³/mol. The number of nitrogens with zero attached hydrogens (tertiary/aromatic N) is 1. The first-order chi connectivity index (χ1) is 10.3. The van der Waals surface area contributed by atoms with Crippen LogP contribution in [0, 0.1) is 0 Å². The minimum absolute atomic E-state index is 0.0315. The lowest BCUT2D eigenvalue weighted by Crippen LogP contribution is -2.45. The molecule has 120 valence electrons. The van der Waals surface area contributed by atoms with Gasteiger partial charge in [-0.3, -0.25) is 9.59 Å². The molecule has 7 heteroatoms. The lowest BCUT2D eigenvalue weighted by Gasteiger charge is -2.31. The largest absolute Gasteiger partial charge is 0.354 e. The zero-order valence-electron chi connectivity index (χ0n) is 12.7. The van der Waals surface area contributed by atoms with E-state index in [1.807, 2.05) is 0 Å². The van der Waals surface area contributed by atoms with Crippen molar-refractivity contribution < 1.29 is 18.0 Å². The number of rotatable bonds is 4. The fourth-order valence-corrected chi connectivity index (χ4v) is 4.01. The van der Waals surface area contributed by atoms with Crippen LogP contribution in [-0.4, -0.2) is 43.5 Å². The summed E-state index contributed by atoms with van der Waals surface area (Å²) in [5, 5.41) is 2.82. The second-order valence-corrected chi connectivity index (χ2v) is 7.40. The van der Waals surface area contributed by atoms with Crippen molar-refractivity contribution in [1.29, 1.82) is 0 Å². The summed E-state index contributed by atoms with van der Waals surface area (Å²) in [6.45, 7) is 3.65. The minimum atomic E-state index is -3.55. The molecule has 0 bridgehead atoms. The quantitative estimate of drug-likeness (QED) is 0.843. The predicted octanol–water partition coefficient (Wildman–Crippen LogP) is 1.18. The first kappa shape index (κ1) is 16.6. The summed E-state index contributed by atoms with van der Waals surface area (Å²) in [5.41, 5.74) is 0.489. The molecule has 0 unspecified atom stereocenters. The number of hydrogen-bond donors (Lipinski definition) is 1. The van der Waals surface area contributed by atoms with Crippen LogP contribution in [0.1, 0.15) is 37.0 Å². The third-order valence-electron chi connectivity index (χ3n) is 3.76. The maximum absolute atomic E-state index is 12.6. The second kappa shape index (κ2) is 6.58. The van der Waals surface area contributed by atoms with Crippen molar-refractivity contribution in [3.8, 4) is 0 Å². The van der Waals surface area contributed by atoms with Gasteiger partial charge in [-0.1, -0.05) is 12.1 Å². The van der Waals surface area contributed by atoms with E-state index in [1.165, 1.54) is 42.4 Å². The first-order valence-corrected chi connectivity index (χ1v) is 8.63. The molecule has 1 amide bonds. The van der Waals surface area contributed by atoms with Crippen molar-refractivity contribution in [3.05, 3.63) is 29.8 Å². The normalized spacial score (nSPS) is 17.2. The average molecular weight is 324 g/mol. The van der Waals surface area contributed by atoms with E-state index in [9.17, 15) is 18.0 Å². The Morgan fingerprint density at radius 3 is 2.09 bits per heavy atom. The van der Waals surface area contributed by atoms with Crippen LogP contribution < -0.4 is 5.32 Å². The standard InChI is InChI=1S/C15H20N2O4S/c1-11(18)13-3-5-15(6-4-13)22(20,21)17-9-7-14(8-10-17)16-12(2)19/h3-6,14H,7-10H2,1-2H3,(H,16,19). The molecule has 1 aromatic rings. The number of benzene rings is 1. The van der Waals surface area contributed by atoms with Crippen molar-refractivity contribution in [2.75, 3.05) is 13.1 Å². The smallest absolute Gasteiger partial charge is 0.243 e. The Balaban J connectivity index is 2.08. The van der Waals surface area contributed by atoms with Crippen LogP contribution in [0.5, 0.6) is 0 Å². The van der Waals surface area contributed by atoms with Gasteiger partial charge in [0.15, 0.2) is 5.78 Å². The van der Waals surface area contributed by atoms with E-state index in [4.69, 9.17) is 0 Å². The molecule has 2 rings (SSSR count). The lowest BCUT2D eigenvalue weighted by molar-refractivity contribution is -0.119. The molecule has 0 saturated carbocycles. The first-order valence-electron chi connectivity index (χ1n) is 7.19. The molecule has 0 aromatic heterocycles. The molecule has 1 fully saturated rings. The van der Waals surface area contributed by atoms with Crippen molar-refractivity contribution >= 4 is 21.7 Å². The highest BCUT2D eigenvalue weighted by Gasteiger charge is 2.29. The SMILES string of the molecule is CC(=O)NC1CCN(S(=O)(=O)c2ccc(C(C)=O)cc2)CC1. The fraction of sp³-hybridized carbons (Fsp3) is 0.467. The third-order valence-corrected chi connectivity index (χ3v) is 5.67. The monoisotopic (exact) mass is 324 g/mol. The molecule has 0 atom stereocenters. The van der Waals surface area contributed by atoms with Gasteiger partial charge in [0, 0.05) is 31.6 Å². The van der Waals surface area contributed by atoms with Crippen LogP contribution >= 0.6 is 0 Å². The van der Waals surface area contributed by atoms with Crippen molar-refractivity contribution in [3.63, 3.8) is 0 Å². The van der Waals surface area contributed by atoms with E-state index in [0.29, 0.717) is 31.5 Å². The molecule has 1 saturated heterocycles. The van der Waals surface area contributed by atoms with Crippen LogP contribution in [0.25, 0.3) is 0 Å². The Labute approximate surface area is 130 Å². The molecule has 6 nitrogen and oxygen atoms in total. The highest BCUT2D eigenvalue weighted by atomic mass is 32.2. The minimum Gasteiger partial charge on any atom is -0.354 e. The summed E-state index contributed by atoms with van der Waals surface area (Å²) in [6.07, 6.45) is 1.20. The molecule has 0 spiro atoms. The Kier molecular flexibility index (Phi) is 4.97. The van der Waals surface area contributed by atoms with Gasteiger partial charge in [-0.15, -0.1) is 0 Å². The maximum Gasteiger partial charge on any atom is 0.243 e. The summed E-state index contributed by atoms with van der Waals surface area (Å²) in [6, 6.07) is 6.01. The molecular weight excluding hydrogens is 304 g/mol. The van der Waals surface area contributed by atoms with Crippen molar-refractivity contribution in [1.82, 2.24) is 9.62 Å². The van der Waals surface area contributed by atoms with Crippen LogP contribution in [0.15, 0.2) is 29.2 Å². The Morgan fingerprint density at radius 2 is 1.64 bits per heavy atom. The van der Waals surface area contributed by atoms with Gasteiger partial charge in [0.2, 0.25) is 15.9 Å². The highest BCUT2D eigenvalue weighted by Crippen LogP contribution is 2.21. The molecule has 1 heterocycles. The molecule has 1 N–H and O–H groups in total. The highest BCUT2D eigenvalue weighted by molar-refractivity contribution is 7.89. The Morgan fingerprint density at radius 1 is 1.09 bits per heavy atom. The Bertz CT molecular complexity index is 659. The van der Waals surface area contributed by atoms with Crippen LogP contribution in [0.4, 0.5) is 0 Å². The molecule has 1 aliphatic heterocycles. The number of Topliss-reactive ketones (excluding diaryl/α,β-unsaturated/α-hetero) is 1. The molecular formula is C15H20N2O4S. The third kappa shape index (κ3) is 3.72. The van der Waals surface area contributed by atoms with Gasteiger partial charge >= 0.3 is 0 Å². The van der Waals surface area contributed by atoms with Crippen LogP contribution in [-0.2, 0) is 14.8 Å². The van der Waals surface area contributed by atoms with Gasteiger partial charge in [-0.25, -0.2) is 8.42 Å². The van der Waals surface area contributed by atoms with Gasteiger partial charge in [0.25, 0.3) is 0 Å². The summed E-state index contributed by atoms with van der Waals surface area (Å²) in [7, 11) is -3.55. The fourth-order valence-electron chi connectivity index (χ4n) is 2.54. The number of nitrogens with one attached hydrogen (secondary N) is 1. The van der Waals surface area contributed by atoms with Gasteiger partial charge < -0.3 is 5.32 Å². The molecule has 1 aliphatic rings. The molecule has 0 aliphatic carbocycles. The number of ketones is 1. The number of piperidine rings is 1. The van der Waals surface area contributed by atoms with Crippen LogP contribution in [0.2, 0.25) is 0 Å².